The van der Waals surface area contributed by atoms with Crippen LogP contribution in [0.2, 0.25) is 0 Å². The molecule has 0 aliphatic rings. The molecular weight excluding hydrogens is 162 g/mol. The van der Waals surface area contributed by atoms with Crippen LogP contribution in [0.1, 0.15) is 44.3 Å². The molecule has 0 unspecified atom stereocenters. The first kappa shape index (κ1) is 10.3. The van der Waals surface area contributed by atoms with Crippen molar-refractivity contribution in [2.24, 2.45) is 0 Å². The summed E-state index contributed by atoms with van der Waals surface area (Å²) in [6.07, 6.45) is 8.31. The van der Waals surface area contributed by atoms with Gasteiger partial charge in [-0.05, 0) is 12.8 Å². The number of aryl methyl sites for hydroxylation is 2. The largest absolute Gasteiger partial charge is 0.446 e. The highest BCUT2D eigenvalue weighted by molar-refractivity contribution is 4.94. The van der Waals surface area contributed by atoms with Gasteiger partial charge in [0.15, 0.2) is 5.89 Å². The second-order valence-corrected chi connectivity index (χ2v) is 3.28. The standard InChI is InChI=1S/C11H18NO/c1-3-5-6-8-10-9-12-11(13-10)7-4-2/h9H,2-8H2,1H3. The Hall–Kier alpha value is -0.790. The van der Waals surface area contributed by atoms with Crippen LogP contribution >= 0.6 is 0 Å². The van der Waals surface area contributed by atoms with Crippen molar-refractivity contribution in [1.82, 2.24) is 4.98 Å². The zero-order valence-electron chi connectivity index (χ0n) is 8.38. The molecule has 1 heterocycles. The highest BCUT2D eigenvalue weighted by atomic mass is 16.4. The molecule has 1 radical (unpaired) electrons. The number of unbranched alkanes of at least 4 members (excludes halogenated alkanes) is 2. The third kappa shape index (κ3) is 3.62. The van der Waals surface area contributed by atoms with Crippen molar-refractivity contribution in [2.45, 2.75) is 45.4 Å². The third-order valence-corrected chi connectivity index (χ3v) is 2.02. The van der Waals surface area contributed by atoms with E-state index in [-0.39, 0.29) is 0 Å². The summed E-state index contributed by atoms with van der Waals surface area (Å²) in [4.78, 5) is 4.18. The first-order chi connectivity index (χ1) is 6.36. The van der Waals surface area contributed by atoms with Gasteiger partial charge in [-0.2, -0.15) is 0 Å². The minimum absolute atomic E-state index is 0.835. The maximum absolute atomic E-state index is 5.52. The molecule has 0 amide bonds. The number of rotatable bonds is 6. The molecule has 0 spiro atoms. The summed E-state index contributed by atoms with van der Waals surface area (Å²) in [6, 6.07) is 0. The quantitative estimate of drug-likeness (QED) is 0.628. The monoisotopic (exact) mass is 180 g/mol. The topological polar surface area (TPSA) is 26.0 Å². The Morgan fingerprint density at radius 1 is 1.38 bits per heavy atom. The van der Waals surface area contributed by atoms with Crippen LogP contribution in [0.25, 0.3) is 0 Å². The van der Waals surface area contributed by atoms with Gasteiger partial charge in [-0.25, -0.2) is 4.98 Å². The molecular formula is C11H18NO. The van der Waals surface area contributed by atoms with E-state index in [0.717, 1.165) is 30.9 Å². The lowest BCUT2D eigenvalue weighted by molar-refractivity contribution is 0.448. The molecule has 13 heavy (non-hydrogen) atoms. The Labute approximate surface area is 80.4 Å². The Bertz CT molecular complexity index is 230. The molecule has 0 aliphatic carbocycles. The second-order valence-electron chi connectivity index (χ2n) is 3.28. The van der Waals surface area contributed by atoms with E-state index in [1.54, 1.807) is 0 Å². The molecule has 1 rings (SSSR count). The van der Waals surface area contributed by atoms with Crippen LogP contribution in [-0.2, 0) is 12.8 Å². The van der Waals surface area contributed by atoms with Crippen LogP contribution < -0.4 is 0 Å². The van der Waals surface area contributed by atoms with Crippen molar-refractivity contribution in [3.63, 3.8) is 0 Å². The Balaban J connectivity index is 2.31. The van der Waals surface area contributed by atoms with Crippen LogP contribution in [0.5, 0.6) is 0 Å². The maximum Gasteiger partial charge on any atom is 0.194 e. The smallest absolute Gasteiger partial charge is 0.194 e. The normalized spacial score (nSPS) is 10.6. The summed E-state index contributed by atoms with van der Waals surface area (Å²) in [7, 11) is 0. The molecule has 0 aliphatic heterocycles. The van der Waals surface area contributed by atoms with E-state index >= 15 is 0 Å². The Kier molecular flexibility index (Phi) is 4.58. The van der Waals surface area contributed by atoms with E-state index < -0.39 is 0 Å². The van der Waals surface area contributed by atoms with Gasteiger partial charge in [0.05, 0.1) is 6.20 Å². The first-order valence-corrected chi connectivity index (χ1v) is 5.09. The van der Waals surface area contributed by atoms with Gasteiger partial charge >= 0.3 is 0 Å². The molecule has 0 saturated heterocycles. The fraction of sp³-hybridized carbons (Fsp3) is 0.636. The summed E-state index contributed by atoms with van der Waals surface area (Å²) in [5.41, 5.74) is 0. The molecule has 2 heteroatoms. The number of hydrogen-bond acceptors (Lipinski definition) is 2. The number of nitrogens with zero attached hydrogens (tertiary/aromatic N) is 1. The van der Waals surface area contributed by atoms with E-state index in [0.29, 0.717) is 0 Å². The summed E-state index contributed by atoms with van der Waals surface area (Å²) in [5, 5.41) is 0. The van der Waals surface area contributed by atoms with Crippen LogP contribution in [0.3, 0.4) is 0 Å². The van der Waals surface area contributed by atoms with Crippen LogP contribution in [0, 0.1) is 6.92 Å². The Morgan fingerprint density at radius 2 is 2.23 bits per heavy atom. The second kappa shape index (κ2) is 5.79. The molecule has 1 aromatic rings. The predicted octanol–water partition coefficient (Wildman–Crippen LogP) is 3.17. The molecule has 0 bridgehead atoms. The van der Waals surface area contributed by atoms with Crippen molar-refractivity contribution in [1.29, 1.82) is 0 Å². The van der Waals surface area contributed by atoms with Gasteiger partial charge in [-0.15, -0.1) is 0 Å². The molecule has 73 valence electrons. The lowest BCUT2D eigenvalue weighted by Crippen LogP contribution is -1.82. The molecule has 0 fully saturated rings. The zero-order valence-corrected chi connectivity index (χ0v) is 8.38. The molecule has 1 aromatic heterocycles. The van der Waals surface area contributed by atoms with E-state index in [9.17, 15) is 0 Å². The van der Waals surface area contributed by atoms with Gasteiger partial charge in [0, 0.05) is 12.8 Å². The van der Waals surface area contributed by atoms with E-state index in [4.69, 9.17) is 4.42 Å². The fourth-order valence-electron chi connectivity index (χ4n) is 1.28. The van der Waals surface area contributed by atoms with Crippen LogP contribution in [-0.4, -0.2) is 4.98 Å². The average Bonchev–Trinajstić information content (AvgIpc) is 2.54. The molecule has 0 saturated carbocycles. The summed E-state index contributed by atoms with van der Waals surface area (Å²) in [6.45, 7) is 5.97. The lowest BCUT2D eigenvalue weighted by atomic mass is 10.2. The van der Waals surface area contributed by atoms with E-state index in [1.807, 2.05) is 6.20 Å². The molecule has 0 atom stereocenters. The molecule has 2 nitrogen and oxygen atoms in total. The van der Waals surface area contributed by atoms with Crippen molar-refractivity contribution in [2.75, 3.05) is 0 Å². The Morgan fingerprint density at radius 3 is 2.92 bits per heavy atom. The number of oxazole rings is 1. The first-order valence-electron chi connectivity index (χ1n) is 5.09. The van der Waals surface area contributed by atoms with Gasteiger partial charge in [-0.3, -0.25) is 0 Å². The van der Waals surface area contributed by atoms with E-state index in [2.05, 4.69) is 18.8 Å². The van der Waals surface area contributed by atoms with Crippen LogP contribution in [0.4, 0.5) is 0 Å². The minimum atomic E-state index is 0.835. The summed E-state index contributed by atoms with van der Waals surface area (Å²) >= 11 is 0. The highest BCUT2D eigenvalue weighted by Gasteiger charge is 2.01. The van der Waals surface area contributed by atoms with Gasteiger partial charge in [0.2, 0.25) is 0 Å². The fourth-order valence-corrected chi connectivity index (χ4v) is 1.28. The minimum Gasteiger partial charge on any atom is -0.446 e. The predicted molar refractivity (Wildman–Crippen MR) is 53.4 cm³/mol. The van der Waals surface area contributed by atoms with Gasteiger partial charge < -0.3 is 4.42 Å². The average molecular weight is 180 g/mol. The highest BCUT2D eigenvalue weighted by Crippen LogP contribution is 2.09. The van der Waals surface area contributed by atoms with Crippen molar-refractivity contribution >= 4 is 0 Å². The van der Waals surface area contributed by atoms with Crippen molar-refractivity contribution in [3.05, 3.63) is 24.8 Å². The van der Waals surface area contributed by atoms with Crippen LogP contribution in [0.15, 0.2) is 10.6 Å². The maximum atomic E-state index is 5.52. The SMILES string of the molecule is [CH2]CCc1ncc(CCCCC)o1. The third-order valence-electron chi connectivity index (χ3n) is 2.02. The van der Waals surface area contributed by atoms with Gasteiger partial charge in [0.1, 0.15) is 5.76 Å². The summed E-state index contributed by atoms with van der Waals surface area (Å²) in [5.74, 6) is 1.86. The molecule has 0 aromatic carbocycles. The number of hydrogen-bond donors (Lipinski definition) is 0. The van der Waals surface area contributed by atoms with Gasteiger partial charge in [0.25, 0.3) is 0 Å². The van der Waals surface area contributed by atoms with Crippen molar-refractivity contribution < 1.29 is 4.42 Å². The van der Waals surface area contributed by atoms with Crippen molar-refractivity contribution in [3.8, 4) is 0 Å². The number of aromatic nitrogens is 1. The zero-order chi connectivity index (χ0) is 9.52. The summed E-state index contributed by atoms with van der Waals surface area (Å²) < 4.78 is 5.52. The molecule has 0 N–H and O–H groups in total. The lowest BCUT2D eigenvalue weighted by Gasteiger charge is -1.94. The van der Waals surface area contributed by atoms with E-state index in [1.165, 1.54) is 19.3 Å². The van der Waals surface area contributed by atoms with Gasteiger partial charge in [-0.1, -0.05) is 26.7 Å².